The smallest absolute Gasteiger partial charge is 0.272 e. The van der Waals surface area contributed by atoms with Gasteiger partial charge < -0.3 is 11.1 Å². The molecule has 0 unspecified atom stereocenters. The van der Waals surface area contributed by atoms with Gasteiger partial charge in [-0.05, 0) is 24.6 Å². The maximum atomic E-state index is 12.1. The van der Waals surface area contributed by atoms with Crippen molar-refractivity contribution in [2.24, 2.45) is 7.05 Å². The van der Waals surface area contributed by atoms with Crippen molar-refractivity contribution in [1.29, 1.82) is 0 Å². The zero-order chi connectivity index (χ0) is 14.0. The van der Waals surface area contributed by atoms with Crippen LogP contribution in [0.5, 0.6) is 0 Å². The standard InChI is InChI=1S/C13H15BrN4O/c1-8(9-3-5-10(14)6-4-9)17-13(19)12-11(15)7-16-18(12)2/h3-8H,15H2,1-2H3,(H,17,19)/t8-/m0/s1. The van der Waals surface area contributed by atoms with E-state index in [2.05, 4.69) is 26.3 Å². The van der Waals surface area contributed by atoms with E-state index in [0.717, 1.165) is 10.0 Å². The fourth-order valence-corrected chi connectivity index (χ4v) is 2.10. The normalized spacial score (nSPS) is 12.2. The lowest BCUT2D eigenvalue weighted by Gasteiger charge is -2.14. The van der Waals surface area contributed by atoms with Crippen LogP contribution < -0.4 is 11.1 Å². The van der Waals surface area contributed by atoms with E-state index in [-0.39, 0.29) is 11.9 Å². The predicted molar refractivity (Wildman–Crippen MR) is 77.6 cm³/mol. The van der Waals surface area contributed by atoms with E-state index >= 15 is 0 Å². The minimum atomic E-state index is -0.229. The molecular formula is C13H15BrN4O. The lowest BCUT2D eigenvalue weighted by molar-refractivity contribution is 0.0931. The number of aromatic nitrogens is 2. The van der Waals surface area contributed by atoms with Crippen molar-refractivity contribution in [3.63, 3.8) is 0 Å². The Bertz CT molecular complexity index is 572. The molecule has 0 fully saturated rings. The molecule has 0 spiro atoms. The first-order chi connectivity index (χ1) is 8.99. The average Bonchev–Trinajstić information content (AvgIpc) is 2.69. The van der Waals surface area contributed by atoms with E-state index < -0.39 is 0 Å². The van der Waals surface area contributed by atoms with Gasteiger partial charge in [0.05, 0.1) is 17.9 Å². The number of hydrogen-bond acceptors (Lipinski definition) is 3. The number of rotatable bonds is 3. The second-order valence-electron chi connectivity index (χ2n) is 4.32. The molecule has 0 saturated heterocycles. The van der Waals surface area contributed by atoms with Crippen LogP contribution in [-0.2, 0) is 7.05 Å². The molecule has 0 saturated carbocycles. The molecule has 6 heteroatoms. The summed E-state index contributed by atoms with van der Waals surface area (Å²) in [5.74, 6) is -0.229. The number of carbonyl (C=O) groups excluding carboxylic acids is 1. The summed E-state index contributed by atoms with van der Waals surface area (Å²) < 4.78 is 2.48. The van der Waals surface area contributed by atoms with E-state index in [1.807, 2.05) is 31.2 Å². The molecule has 1 atom stereocenters. The molecular weight excluding hydrogens is 308 g/mol. The van der Waals surface area contributed by atoms with Crippen LogP contribution in [0, 0.1) is 0 Å². The summed E-state index contributed by atoms with van der Waals surface area (Å²) in [4.78, 5) is 12.1. The summed E-state index contributed by atoms with van der Waals surface area (Å²) in [7, 11) is 1.69. The number of nitrogens with one attached hydrogen (secondary N) is 1. The fourth-order valence-electron chi connectivity index (χ4n) is 1.83. The summed E-state index contributed by atoms with van der Waals surface area (Å²) in [6, 6.07) is 7.70. The third-order valence-corrected chi connectivity index (χ3v) is 3.43. The lowest BCUT2D eigenvalue weighted by atomic mass is 10.1. The summed E-state index contributed by atoms with van der Waals surface area (Å²) in [6.45, 7) is 1.92. The maximum absolute atomic E-state index is 12.1. The summed E-state index contributed by atoms with van der Waals surface area (Å²) in [5, 5.41) is 6.86. The minimum absolute atomic E-state index is 0.102. The van der Waals surface area contributed by atoms with Gasteiger partial charge in [-0.15, -0.1) is 0 Å². The van der Waals surface area contributed by atoms with Gasteiger partial charge >= 0.3 is 0 Å². The lowest BCUT2D eigenvalue weighted by Crippen LogP contribution is -2.29. The number of anilines is 1. The van der Waals surface area contributed by atoms with E-state index in [9.17, 15) is 4.79 Å². The molecule has 2 aromatic rings. The average molecular weight is 323 g/mol. The van der Waals surface area contributed by atoms with Crippen molar-refractivity contribution in [3.8, 4) is 0 Å². The summed E-state index contributed by atoms with van der Waals surface area (Å²) in [6.07, 6.45) is 1.47. The Kier molecular flexibility index (Phi) is 3.90. The first kappa shape index (κ1) is 13.6. The Morgan fingerprint density at radius 1 is 1.42 bits per heavy atom. The van der Waals surface area contributed by atoms with E-state index in [4.69, 9.17) is 5.73 Å². The van der Waals surface area contributed by atoms with Gasteiger partial charge in [-0.2, -0.15) is 5.10 Å². The number of nitrogens with zero attached hydrogens (tertiary/aromatic N) is 2. The van der Waals surface area contributed by atoms with E-state index in [0.29, 0.717) is 11.4 Å². The highest BCUT2D eigenvalue weighted by Crippen LogP contribution is 2.18. The molecule has 0 aliphatic carbocycles. The molecule has 0 radical (unpaired) electrons. The fraction of sp³-hybridized carbons (Fsp3) is 0.231. The molecule has 5 nitrogen and oxygen atoms in total. The van der Waals surface area contributed by atoms with Crippen LogP contribution in [0.25, 0.3) is 0 Å². The third-order valence-electron chi connectivity index (χ3n) is 2.90. The molecule has 1 heterocycles. The molecule has 0 bridgehead atoms. The third kappa shape index (κ3) is 2.96. The second kappa shape index (κ2) is 5.44. The summed E-state index contributed by atoms with van der Waals surface area (Å²) in [5.41, 5.74) is 7.51. The molecule has 2 rings (SSSR count). The molecule has 3 N–H and O–H groups in total. The van der Waals surface area contributed by atoms with Gasteiger partial charge in [-0.1, -0.05) is 28.1 Å². The van der Waals surface area contributed by atoms with Crippen LogP contribution in [-0.4, -0.2) is 15.7 Å². The Morgan fingerprint density at radius 3 is 2.58 bits per heavy atom. The van der Waals surface area contributed by atoms with Crippen LogP contribution in [0.3, 0.4) is 0 Å². The predicted octanol–water partition coefficient (Wildman–Crippen LogP) is 2.26. The van der Waals surface area contributed by atoms with Gasteiger partial charge in [0.25, 0.3) is 5.91 Å². The summed E-state index contributed by atoms with van der Waals surface area (Å²) >= 11 is 3.38. The minimum Gasteiger partial charge on any atom is -0.396 e. The second-order valence-corrected chi connectivity index (χ2v) is 5.23. The topological polar surface area (TPSA) is 72.9 Å². The van der Waals surface area contributed by atoms with E-state index in [1.54, 1.807) is 7.05 Å². The number of hydrogen-bond donors (Lipinski definition) is 2. The Labute approximate surface area is 119 Å². The number of nitrogens with two attached hydrogens (primary N) is 1. The zero-order valence-electron chi connectivity index (χ0n) is 10.7. The van der Waals surface area contributed by atoms with Crippen molar-refractivity contribution in [1.82, 2.24) is 15.1 Å². The maximum Gasteiger partial charge on any atom is 0.272 e. The number of carbonyl (C=O) groups is 1. The molecule has 19 heavy (non-hydrogen) atoms. The van der Waals surface area contributed by atoms with Crippen LogP contribution in [0.4, 0.5) is 5.69 Å². The molecule has 100 valence electrons. The molecule has 1 amide bonds. The monoisotopic (exact) mass is 322 g/mol. The van der Waals surface area contributed by atoms with Crippen molar-refractivity contribution in [3.05, 3.63) is 46.2 Å². The highest BCUT2D eigenvalue weighted by atomic mass is 79.9. The van der Waals surface area contributed by atoms with E-state index in [1.165, 1.54) is 10.9 Å². The Balaban J connectivity index is 2.13. The van der Waals surface area contributed by atoms with Gasteiger partial charge in [-0.3, -0.25) is 9.48 Å². The quantitative estimate of drug-likeness (QED) is 0.910. The highest BCUT2D eigenvalue weighted by molar-refractivity contribution is 9.10. The van der Waals surface area contributed by atoms with Crippen molar-refractivity contribution in [2.75, 3.05) is 5.73 Å². The highest BCUT2D eigenvalue weighted by Gasteiger charge is 2.17. The van der Waals surface area contributed by atoms with Crippen LogP contribution in [0.15, 0.2) is 34.9 Å². The number of amides is 1. The zero-order valence-corrected chi connectivity index (χ0v) is 12.3. The van der Waals surface area contributed by atoms with Crippen molar-refractivity contribution in [2.45, 2.75) is 13.0 Å². The molecule has 0 aliphatic heterocycles. The van der Waals surface area contributed by atoms with Gasteiger partial charge in [-0.25, -0.2) is 0 Å². The number of aryl methyl sites for hydroxylation is 1. The van der Waals surface area contributed by atoms with Gasteiger partial charge in [0.1, 0.15) is 5.69 Å². The first-order valence-corrected chi connectivity index (χ1v) is 6.62. The van der Waals surface area contributed by atoms with Crippen molar-refractivity contribution < 1.29 is 4.79 Å². The molecule has 1 aromatic heterocycles. The number of benzene rings is 1. The van der Waals surface area contributed by atoms with Gasteiger partial charge in [0.2, 0.25) is 0 Å². The largest absolute Gasteiger partial charge is 0.396 e. The first-order valence-electron chi connectivity index (χ1n) is 5.83. The Morgan fingerprint density at radius 2 is 2.05 bits per heavy atom. The Hall–Kier alpha value is -1.82. The van der Waals surface area contributed by atoms with Gasteiger partial charge in [0, 0.05) is 11.5 Å². The SMILES string of the molecule is C[C@H](NC(=O)c1c(N)cnn1C)c1ccc(Br)cc1. The molecule has 0 aliphatic rings. The molecule has 1 aromatic carbocycles. The van der Waals surface area contributed by atoms with Crippen LogP contribution in [0.1, 0.15) is 29.0 Å². The van der Waals surface area contributed by atoms with Gasteiger partial charge in [0.15, 0.2) is 0 Å². The van der Waals surface area contributed by atoms with Crippen LogP contribution in [0.2, 0.25) is 0 Å². The number of halogens is 1. The van der Waals surface area contributed by atoms with Crippen molar-refractivity contribution >= 4 is 27.5 Å². The number of nitrogen functional groups attached to an aromatic ring is 1. The van der Waals surface area contributed by atoms with Crippen LogP contribution >= 0.6 is 15.9 Å².